The van der Waals surface area contributed by atoms with Crippen LogP contribution in [0.4, 0.5) is 5.69 Å². The average Bonchev–Trinajstić information content (AvgIpc) is 3.50. The Hall–Kier alpha value is -3.91. The molecule has 3 aromatic carbocycles. The molecule has 0 bridgehead atoms. The van der Waals surface area contributed by atoms with E-state index in [2.05, 4.69) is 41.5 Å². The Bertz CT molecular complexity index is 1430. The number of aryl methyl sites for hydroxylation is 3. The second kappa shape index (κ2) is 10.8. The van der Waals surface area contributed by atoms with Gasteiger partial charge in [0.2, 0.25) is 5.91 Å². The van der Waals surface area contributed by atoms with Gasteiger partial charge in [-0.15, -0.1) is 0 Å². The van der Waals surface area contributed by atoms with Crippen molar-refractivity contribution in [3.63, 3.8) is 0 Å². The van der Waals surface area contributed by atoms with Gasteiger partial charge in [0.15, 0.2) is 5.17 Å². The van der Waals surface area contributed by atoms with Crippen molar-refractivity contribution in [1.82, 2.24) is 5.01 Å². The number of nitrogens with zero attached hydrogens (tertiary/aromatic N) is 3. The summed E-state index contributed by atoms with van der Waals surface area (Å²) in [6, 6.07) is 21.9. The van der Waals surface area contributed by atoms with Gasteiger partial charge in [-0.05, 0) is 55.7 Å². The summed E-state index contributed by atoms with van der Waals surface area (Å²) in [7, 11) is 1.64. The van der Waals surface area contributed by atoms with E-state index in [0.717, 1.165) is 39.4 Å². The zero-order chi connectivity index (χ0) is 26.8. The van der Waals surface area contributed by atoms with Gasteiger partial charge in [-0.3, -0.25) is 9.59 Å². The second-order valence-corrected chi connectivity index (χ2v) is 10.8. The van der Waals surface area contributed by atoms with Crippen LogP contribution in [0.25, 0.3) is 0 Å². The number of hydrogen-bond acceptors (Lipinski definition) is 6. The van der Waals surface area contributed by atoms with Crippen molar-refractivity contribution in [3.8, 4) is 5.75 Å². The topological polar surface area (TPSA) is 83.4 Å². The van der Waals surface area contributed by atoms with Gasteiger partial charge in [0.1, 0.15) is 11.0 Å². The molecule has 1 N–H and O–H groups in total. The van der Waals surface area contributed by atoms with Gasteiger partial charge in [-0.2, -0.15) is 10.1 Å². The van der Waals surface area contributed by atoms with Crippen LogP contribution in [-0.4, -0.2) is 40.1 Å². The Morgan fingerprint density at radius 2 is 1.74 bits per heavy atom. The Balaban J connectivity index is 1.35. The summed E-state index contributed by atoms with van der Waals surface area (Å²) in [6.45, 7) is 6.02. The van der Waals surface area contributed by atoms with Crippen LogP contribution in [0.1, 0.15) is 46.7 Å². The summed E-state index contributed by atoms with van der Waals surface area (Å²) >= 11 is 1.30. The molecule has 0 saturated carbocycles. The van der Waals surface area contributed by atoms with Gasteiger partial charge in [0.05, 0.1) is 18.9 Å². The fraction of sp³-hybridized carbons (Fsp3) is 0.267. The van der Waals surface area contributed by atoms with Crippen molar-refractivity contribution in [3.05, 3.63) is 94.5 Å². The van der Waals surface area contributed by atoms with Crippen molar-refractivity contribution in [1.29, 1.82) is 0 Å². The second-order valence-electron chi connectivity index (χ2n) is 9.66. The lowest BCUT2D eigenvalue weighted by atomic mass is 9.98. The third kappa shape index (κ3) is 5.50. The first-order valence-corrected chi connectivity index (χ1v) is 13.4. The van der Waals surface area contributed by atoms with Crippen LogP contribution in [0.3, 0.4) is 0 Å². The number of benzene rings is 3. The lowest BCUT2D eigenvalue weighted by Gasteiger charge is -2.23. The van der Waals surface area contributed by atoms with Crippen LogP contribution in [0, 0.1) is 20.8 Å². The van der Waals surface area contributed by atoms with Crippen molar-refractivity contribution in [2.45, 2.75) is 44.9 Å². The van der Waals surface area contributed by atoms with E-state index in [1.807, 2.05) is 61.3 Å². The number of carbonyl (C=O) groups excluding carboxylic acids is 2. The SMILES string of the molecule is COc1ccc([C@@H]2CC(c3ccc(C)cc3)=NN2C2=NC(=O)[C@@H](CC(=O)Nc3ccc(C)cc3C)S2)cc1. The molecule has 3 aromatic rings. The molecule has 2 atom stereocenters. The highest BCUT2D eigenvalue weighted by Crippen LogP contribution is 2.39. The van der Waals surface area contributed by atoms with Crippen LogP contribution >= 0.6 is 11.8 Å². The molecule has 2 aliphatic rings. The number of methoxy groups -OCH3 is 1. The maximum Gasteiger partial charge on any atom is 0.262 e. The minimum absolute atomic E-state index is 0.0411. The van der Waals surface area contributed by atoms with Crippen LogP contribution in [0.15, 0.2) is 76.8 Å². The summed E-state index contributed by atoms with van der Waals surface area (Å²) in [4.78, 5) is 30.0. The largest absolute Gasteiger partial charge is 0.497 e. The molecule has 0 aromatic heterocycles. The summed E-state index contributed by atoms with van der Waals surface area (Å²) in [6.07, 6.45) is 0.709. The molecule has 0 aliphatic carbocycles. The highest BCUT2D eigenvalue weighted by molar-refractivity contribution is 8.15. The number of hydrazone groups is 1. The first-order chi connectivity index (χ1) is 18.3. The highest BCUT2D eigenvalue weighted by atomic mass is 32.2. The van der Waals surface area contributed by atoms with Gasteiger partial charge < -0.3 is 10.1 Å². The van der Waals surface area contributed by atoms with E-state index >= 15 is 0 Å². The molecule has 5 rings (SSSR count). The number of anilines is 1. The van der Waals surface area contributed by atoms with E-state index < -0.39 is 5.25 Å². The zero-order valence-electron chi connectivity index (χ0n) is 21.9. The molecule has 7 nitrogen and oxygen atoms in total. The zero-order valence-corrected chi connectivity index (χ0v) is 22.7. The molecular formula is C30H30N4O3S. The monoisotopic (exact) mass is 526 g/mol. The van der Waals surface area contributed by atoms with Gasteiger partial charge in [-0.25, -0.2) is 5.01 Å². The van der Waals surface area contributed by atoms with E-state index in [1.54, 1.807) is 7.11 Å². The normalized spacial score (nSPS) is 18.8. The molecular weight excluding hydrogens is 496 g/mol. The summed E-state index contributed by atoms with van der Waals surface area (Å²) < 4.78 is 5.33. The number of thioether (sulfide) groups is 1. The number of carbonyl (C=O) groups is 2. The van der Waals surface area contributed by atoms with E-state index in [9.17, 15) is 9.59 Å². The van der Waals surface area contributed by atoms with E-state index in [4.69, 9.17) is 9.84 Å². The Kier molecular flexibility index (Phi) is 7.33. The number of amides is 2. The lowest BCUT2D eigenvalue weighted by molar-refractivity contribution is -0.121. The number of rotatable bonds is 6. The van der Waals surface area contributed by atoms with Crippen molar-refractivity contribution >= 4 is 40.1 Å². The van der Waals surface area contributed by atoms with E-state index in [0.29, 0.717) is 11.6 Å². The molecule has 2 amide bonds. The fourth-order valence-electron chi connectivity index (χ4n) is 4.62. The average molecular weight is 527 g/mol. The maximum atomic E-state index is 12.9. The van der Waals surface area contributed by atoms with E-state index in [1.165, 1.54) is 17.3 Å². The lowest BCUT2D eigenvalue weighted by Crippen LogP contribution is -2.25. The standard InChI is InChI=1S/C30H30N4O3S/c1-18-5-8-21(9-6-18)25-16-26(22-10-12-23(37-4)13-11-22)34(33-25)30-32-29(36)27(38-30)17-28(35)31-24-14-7-19(2)15-20(24)3/h5-15,26-27H,16-17H2,1-4H3,(H,31,35)/t26-,27+/m0/s1. The van der Waals surface area contributed by atoms with E-state index in [-0.39, 0.29) is 24.3 Å². The number of nitrogens with one attached hydrogen (secondary N) is 1. The predicted octanol–water partition coefficient (Wildman–Crippen LogP) is 5.80. The predicted molar refractivity (Wildman–Crippen MR) is 153 cm³/mol. The summed E-state index contributed by atoms with van der Waals surface area (Å²) in [5.74, 6) is 0.250. The van der Waals surface area contributed by atoms with Crippen LogP contribution in [0.2, 0.25) is 0 Å². The van der Waals surface area contributed by atoms with Crippen LogP contribution in [0.5, 0.6) is 5.75 Å². The first-order valence-electron chi connectivity index (χ1n) is 12.5. The van der Waals surface area contributed by atoms with Crippen LogP contribution < -0.4 is 10.1 Å². The Labute approximate surface area is 227 Å². The van der Waals surface area contributed by atoms with Crippen molar-refractivity contribution in [2.75, 3.05) is 12.4 Å². The molecule has 194 valence electrons. The fourth-order valence-corrected chi connectivity index (χ4v) is 5.68. The summed E-state index contributed by atoms with van der Waals surface area (Å²) in [5.41, 5.74) is 7.06. The quantitative estimate of drug-likeness (QED) is 0.439. The molecule has 8 heteroatoms. The summed E-state index contributed by atoms with van der Waals surface area (Å²) in [5, 5.41) is 9.62. The Morgan fingerprint density at radius 1 is 1.03 bits per heavy atom. The highest BCUT2D eigenvalue weighted by Gasteiger charge is 2.39. The van der Waals surface area contributed by atoms with Crippen molar-refractivity contribution in [2.24, 2.45) is 10.1 Å². The van der Waals surface area contributed by atoms with Gasteiger partial charge in [0, 0.05) is 18.5 Å². The molecule has 0 unspecified atom stereocenters. The van der Waals surface area contributed by atoms with Crippen molar-refractivity contribution < 1.29 is 14.3 Å². The molecule has 0 saturated heterocycles. The smallest absolute Gasteiger partial charge is 0.262 e. The Morgan fingerprint density at radius 3 is 2.42 bits per heavy atom. The third-order valence-electron chi connectivity index (χ3n) is 6.75. The third-order valence-corrected chi connectivity index (χ3v) is 7.89. The van der Waals surface area contributed by atoms with Crippen LogP contribution in [-0.2, 0) is 9.59 Å². The van der Waals surface area contributed by atoms with Gasteiger partial charge >= 0.3 is 0 Å². The number of aliphatic imine (C=N–C) groups is 1. The minimum atomic E-state index is -0.592. The van der Waals surface area contributed by atoms with Gasteiger partial charge in [-0.1, -0.05) is 71.4 Å². The molecule has 0 fully saturated rings. The minimum Gasteiger partial charge on any atom is -0.497 e. The molecule has 2 heterocycles. The number of ether oxygens (including phenoxy) is 1. The molecule has 0 spiro atoms. The first kappa shape index (κ1) is 25.7. The van der Waals surface area contributed by atoms with Gasteiger partial charge in [0.25, 0.3) is 5.91 Å². The molecule has 2 aliphatic heterocycles. The molecule has 0 radical (unpaired) electrons. The number of amidine groups is 1. The number of hydrogen-bond donors (Lipinski definition) is 1. The maximum absolute atomic E-state index is 12.9. The molecule has 38 heavy (non-hydrogen) atoms.